The number of aliphatic hydroxyl groups excluding tert-OH is 2. The lowest BCUT2D eigenvalue weighted by Crippen LogP contribution is -2.36. The van der Waals surface area contributed by atoms with E-state index >= 15 is 0 Å². The zero-order chi connectivity index (χ0) is 15.1. The zero-order valence-electron chi connectivity index (χ0n) is 12.1. The Morgan fingerprint density at radius 1 is 0.950 bits per heavy atom. The van der Waals surface area contributed by atoms with Crippen molar-refractivity contribution < 1.29 is 29.3 Å². The summed E-state index contributed by atoms with van der Waals surface area (Å²) in [5.74, 6) is -1.93. The van der Waals surface area contributed by atoms with Gasteiger partial charge >= 0.3 is 11.9 Å². The minimum Gasteiger partial charge on any atom is -0.463 e. The fraction of sp³-hybridized carbons (Fsp3) is 0.857. The summed E-state index contributed by atoms with van der Waals surface area (Å²) in [4.78, 5) is 23.9. The van der Waals surface area contributed by atoms with Crippen LogP contribution in [0.4, 0.5) is 0 Å². The molecule has 0 aromatic rings. The van der Waals surface area contributed by atoms with Crippen LogP contribution in [0.5, 0.6) is 0 Å². The molecule has 0 aromatic carbocycles. The lowest BCUT2D eigenvalue weighted by molar-refractivity contribution is -0.165. The lowest BCUT2D eigenvalue weighted by Gasteiger charge is -2.28. The summed E-state index contributed by atoms with van der Waals surface area (Å²) in [6.07, 6.45) is 1.48. The summed E-state index contributed by atoms with van der Waals surface area (Å²) in [6, 6.07) is 0. The van der Waals surface area contributed by atoms with Gasteiger partial charge in [0.15, 0.2) is 0 Å². The fourth-order valence-electron chi connectivity index (χ4n) is 2.31. The predicted molar refractivity (Wildman–Crippen MR) is 70.7 cm³/mol. The summed E-state index contributed by atoms with van der Waals surface area (Å²) in [7, 11) is 0. The van der Waals surface area contributed by atoms with E-state index in [1.54, 1.807) is 0 Å². The van der Waals surface area contributed by atoms with Crippen LogP contribution < -0.4 is 0 Å². The van der Waals surface area contributed by atoms with E-state index in [1.807, 2.05) is 0 Å². The second kappa shape index (κ2) is 8.21. The Morgan fingerprint density at radius 2 is 1.30 bits per heavy atom. The van der Waals surface area contributed by atoms with Crippen molar-refractivity contribution in [1.82, 2.24) is 0 Å². The summed E-state index contributed by atoms with van der Waals surface area (Å²) in [6.45, 7) is 2.93. The van der Waals surface area contributed by atoms with Crippen molar-refractivity contribution in [1.29, 1.82) is 0 Å². The van der Waals surface area contributed by atoms with Gasteiger partial charge in [0, 0.05) is 0 Å². The molecule has 0 bridgehead atoms. The standard InChI is InChI=1S/C14H24O6/c1-9(15)7-19-13(17)11-5-3-4-6-12(11)14(18)20-8-10(2)16/h9-12,15-16H,3-8H2,1-2H3. The molecule has 1 saturated carbocycles. The summed E-state index contributed by atoms with van der Waals surface area (Å²) in [5.41, 5.74) is 0. The van der Waals surface area contributed by atoms with E-state index in [4.69, 9.17) is 19.7 Å². The number of carbonyl (C=O) groups is 2. The van der Waals surface area contributed by atoms with Crippen molar-refractivity contribution in [2.75, 3.05) is 13.2 Å². The fourth-order valence-corrected chi connectivity index (χ4v) is 2.31. The molecular weight excluding hydrogens is 264 g/mol. The van der Waals surface area contributed by atoms with E-state index in [2.05, 4.69) is 0 Å². The van der Waals surface area contributed by atoms with Crippen molar-refractivity contribution in [3.63, 3.8) is 0 Å². The molecule has 0 amide bonds. The number of ether oxygens (including phenoxy) is 2. The molecule has 116 valence electrons. The van der Waals surface area contributed by atoms with Crippen molar-refractivity contribution >= 4 is 11.9 Å². The van der Waals surface area contributed by atoms with Gasteiger partial charge in [-0.1, -0.05) is 12.8 Å². The average Bonchev–Trinajstić information content (AvgIpc) is 2.42. The number of hydrogen-bond donors (Lipinski definition) is 2. The molecule has 0 aliphatic heterocycles. The highest BCUT2D eigenvalue weighted by molar-refractivity contribution is 5.82. The van der Waals surface area contributed by atoms with Crippen LogP contribution in [0.2, 0.25) is 0 Å². The van der Waals surface area contributed by atoms with Crippen LogP contribution in [0.25, 0.3) is 0 Å². The highest BCUT2D eigenvalue weighted by atomic mass is 16.5. The van der Waals surface area contributed by atoms with Crippen LogP contribution in [0.15, 0.2) is 0 Å². The maximum absolute atomic E-state index is 12.0. The Hall–Kier alpha value is -1.14. The maximum Gasteiger partial charge on any atom is 0.309 e. The van der Waals surface area contributed by atoms with Crippen LogP contribution >= 0.6 is 0 Å². The van der Waals surface area contributed by atoms with Gasteiger partial charge < -0.3 is 19.7 Å². The third kappa shape index (κ3) is 5.46. The van der Waals surface area contributed by atoms with E-state index in [9.17, 15) is 9.59 Å². The van der Waals surface area contributed by atoms with Crippen molar-refractivity contribution in [2.45, 2.75) is 51.7 Å². The molecule has 0 aromatic heterocycles. The molecule has 0 radical (unpaired) electrons. The molecule has 1 aliphatic carbocycles. The van der Waals surface area contributed by atoms with Crippen LogP contribution in [-0.4, -0.2) is 47.6 Å². The van der Waals surface area contributed by atoms with E-state index in [0.29, 0.717) is 12.8 Å². The number of aliphatic hydroxyl groups is 2. The molecule has 1 fully saturated rings. The molecule has 4 unspecified atom stereocenters. The Labute approximate surface area is 119 Å². The summed E-state index contributed by atoms with van der Waals surface area (Å²) >= 11 is 0. The van der Waals surface area contributed by atoms with Gasteiger partial charge in [0.25, 0.3) is 0 Å². The van der Waals surface area contributed by atoms with E-state index in [-0.39, 0.29) is 13.2 Å². The minimum atomic E-state index is -0.719. The van der Waals surface area contributed by atoms with Crippen LogP contribution in [0.3, 0.4) is 0 Å². The summed E-state index contributed by atoms with van der Waals surface area (Å²) < 4.78 is 10.0. The SMILES string of the molecule is CC(O)COC(=O)C1CCCCC1C(=O)OCC(C)O. The molecule has 0 spiro atoms. The number of rotatable bonds is 6. The van der Waals surface area contributed by atoms with Gasteiger partial charge in [-0.15, -0.1) is 0 Å². The predicted octanol–water partition coefficient (Wildman–Crippen LogP) is 0.641. The second-order valence-electron chi connectivity index (χ2n) is 5.46. The molecule has 20 heavy (non-hydrogen) atoms. The molecule has 1 rings (SSSR count). The first-order valence-electron chi connectivity index (χ1n) is 7.11. The number of hydrogen-bond acceptors (Lipinski definition) is 6. The van der Waals surface area contributed by atoms with Gasteiger partial charge in [-0.3, -0.25) is 9.59 Å². The van der Waals surface area contributed by atoms with E-state index in [0.717, 1.165) is 12.8 Å². The average molecular weight is 288 g/mol. The summed E-state index contributed by atoms with van der Waals surface area (Å²) in [5, 5.41) is 18.2. The third-order valence-electron chi connectivity index (χ3n) is 3.31. The first kappa shape index (κ1) is 16.9. The van der Waals surface area contributed by atoms with Gasteiger partial charge in [0.1, 0.15) is 13.2 Å². The zero-order valence-corrected chi connectivity index (χ0v) is 12.1. The smallest absolute Gasteiger partial charge is 0.309 e. The number of carbonyl (C=O) groups excluding carboxylic acids is 2. The Kier molecular flexibility index (Phi) is 6.95. The third-order valence-corrected chi connectivity index (χ3v) is 3.31. The van der Waals surface area contributed by atoms with Crippen molar-refractivity contribution in [3.05, 3.63) is 0 Å². The van der Waals surface area contributed by atoms with Crippen molar-refractivity contribution in [2.24, 2.45) is 11.8 Å². The molecule has 4 atom stereocenters. The molecular formula is C14H24O6. The van der Waals surface area contributed by atoms with Gasteiger partial charge in [0.2, 0.25) is 0 Å². The van der Waals surface area contributed by atoms with Crippen molar-refractivity contribution in [3.8, 4) is 0 Å². The lowest BCUT2D eigenvalue weighted by atomic mass is 9.79. The molecule has 2 N–H and O–H groups in total. The first-order chi connectivity index (χ1) is 9.41. The maximum atomic E-state index is 12.0. The van der Waals surface area contributed by atoms with Gasteiger partial charge in [-0.2, -0.15) is 0 Å². The molecule has 6 heteroatoms. The van der Waals surface area contributed by atoms with Gasteiger partial charge in [-0.05, 0) is 26.7 Å². The first-order valence-corrected chi connectivity index (χ1v) is 7.11. The monoisotopic (exact) mass is 288 g/mol. The van der Waals surface area contributed by atoms with Crippen LogP contribution in [-0.2, 0) is 19.1 Å². The highest BCUT2D eigenvalue weighted by Gasteiger charge is 2.38. The number of esters is 2. The molecule has 1 aliphatic rings. The molecule has 0 saturated heterocycles. The topological polar surface area (TPSA) is 93.1 Å². The van der Waals surface area contributed by atoms with E-state index in [1.165, 1.54) is 13.8 Å². The highest BCUT2D eigenvalue weighted by Crippen LogP contribution is 2.32. The second-order valence-corrected chi connectivity index (χ2v) is 5.46. The van der Waals surface area contributed by atoms with Gasteiger partial charge in [0.05, 0.1) is 24.0 Å². The van der Waals surface area contributed by atoms with E-state index < -0.39 is 36.0 Å². The Morgan fingerprint density at radius 3 is 1.60 bits per heavy atom. The quantitative estimate of drug-likeness (QED) is 0.697. The Balaban J connectivity index is 2.56. The van der Waals surface area contributed by atoms with Crippen LogP contribution in [0.1, 0.15) is 39.5 Å². The Bertz CT molecular complexity index is 294. The normalized spacial score (nSPS) is 25.6. The van der Waals surface area contributed by atoms with Gasteiger partial charge in [-0.25, -0.2) is 0 Å². The van der Waals surface area contributed by atoms with Crippen LogP contribution in [0, 0.1) is 11.8 Å². The minimum absolute atomic E-state index is 0.0647. The molecule has 6 nitrogen and oxygen atoms in total. The largest absolute Gasteiger partial charge is 0.463 e. The molecule has 0 heterocycles.